The second kappa shape index (κ2) is 12.9. The van der Waals surface area contributed by atoms with E-state index >= 15 is 0 Å². The summed E-state index contributed by atoms with van der Waals surface area (Å²) in [5, 5.41) is 11.7. The number of rotatable bonds is 11. The van der Waals surface area contributed by atoms with Gasteiger partial charge in [-0.3, -0.25) is 0 Å². The molecule has 0 unspecified atom stereocenters. The fraction of sp³-hybridized carbons (Fsp3) is 1.00. The Morgan fingerprint density at radius 2 is 1.36 bits per heavy atom. The van der Waals surface area contributed by atoms with Crippen molar-refractivity contribution in [2.75, 3.05) is 26.2 Å². The normalized spacial score (nSPS) is 10.7. The van der Waals surface area contributed by atoms with Gasteiger partial charge in [0.15, 0.2) is 0 Å². The molecule has 14 heavy (non-hydrogen) atoms. The van der Waals surface area contributed by atoms with Crippen molar-refractivity contribution in [1.29, 1.82) is 0 Å². The van der Waals surface area contributed by atoms with Gasteiger partial charge in [-0.2, -0.15) is 0 Å². The van der Waals surface area contributed by atoms with Gasteiger partial charge in [0.25, 0.3) is 0 Å². The molecule has 3 heteroatoms. The zero-order valence-corrected chi connectivity index (χ0v) is 9.30. The van der Waals surface area contributed by atoms with Crippen LogP contribution in [0.15, 0.2) is 0 Å². The van der Waals surface area contributed by atoms with Crippen LogP contribution < -0.4 is 11.1 Å². The van der Waals surface area contributed by atoms with Crippen LogP contribution >= 0.6 is 0 Å². The van der Waals surface area contributed by atoms with Crippen molar-refractivity contribution in [3.63, 3.8) is 0 Å². The molecule has 86 valence electrons. The lowest BCUT2D eigenvalue weighted by molar-refractivity contribution is 0.292. The standard InChI is InChI=1S/C11H26N2O/c12-8-6-4-2-1-3-5-7-9-13-10-11-14/h13-14H,1-12H2. The third kappa shape index (κ3) is 11.9. The zero-order chi connectivity index (χ0) is 10.5. The molecule has 0 aromatic carbocycles. The van der Waals surface area contributed by atoms with E-state index in [9.17, 15) is 0 Å². The molecule has 0 aromatic heterocycles. The van der Waals surface area contributed by atoms with Crippen molar-refractivity contribution in [2.45, 2.75) is 44.9 Å². The second-order valence-electron chi connectivity index (χ2n) is 3.74. The first kappa shape index (κ1) is 13.9. The number of aliphatic hydroxyl groups excluding tert-OH is 1. The molecule has 0 atom stereocenters. The molecule has 4 N–H and O–H groups in total. The third-order valence-corrected chi connectivity index (χ3v) is 2.35. The van der Waals surface area contributed by atoms with Gasteiger partial charge in [-0.15, -0.1) is 0 Å². The number of hydrogen-bond acceptors (Lipinski definition) is 3. The summed E-state index contributed by atoms with van der Waals surface area (Å²) in [5.41, 5.74) is 5.41. The highest BCUT2D eigenvalue weighted by Gasteiger charge is 1.91. The van der Waals surface area contributed by atoms with Crippen molar-refractivity contribution >= 4 is 0 Å². The van der Waals surface area contributed by atoms with Gasteiger partial charge in [-0.05, 0) is 25.9 Å². The third-order valence-electron chi connectivity index (χ3n) is 2.35. The van der Waals surface area contributed by atoms with E-state index in [0.717, 1.165) is 19.6 Å². The van der Waals surface area contributed by atoms with Crippen molar-refractivity contribution in [2.24, 2.45) is 5.73 Å². The highest BCUT2D eigenvalue weighted by atomic mass is 16.3. The van der Waals surface area contributed by atoms with Crippen LogP contribution in [0.5, 0.6) is 0 Å². The van der Waals surface area contributed by atoms with Gasteiger partial charge in [0.2, 0.25) is 0 Å². The molecule has 0 heterocycles. The highest BCUT2D eigenvalue weighted by molar-refractivity contribution is 4.49. The van der Waals surface area contributed by atoms with Gasteiger partial charge in [-0.25, -0.2) is 0 Å². The average molecular weight is 202 g/mol. The molecule has 0 bridgehead atoms. The molecule has 0 saturated heterocycles. The van der Waals surface area contributed by atoms with Crippen LogP contribution in [0.4, 0.5) is 0 Å². The summed E-state index contributed by atoms with van der Waals surface area (Å²) in [4.78, 5) is 0. The van der Waals surface area contributed by atoms with Gasteiger partial charge >= 0.3 is 0 Å². The zero-order valence-electron chi connectivity index (χ0n) is 9.30. The van der Waals surface area contributed by atoms with Crippen LogP contribution in [0.1, 0.15) is 44.9 Å². The number of hydrogen-bond donors (Lipinski definition) is 3. The molecule has 0 aromatic rings. The first-order valence-corrected chi connectivity index (χ1v) is 5.93. The molecule has 0 amide bonds. The van der Waals surface area contributed by atoms with Crippen LogP contribution in [-0.4, -0.2) is 31.3 Å². The Morgan fingerprint density at radius 1 is 0.786 bits per heavy atom. The molecule has 0 saturated carbocycles. The van der Waals surface area contributed by atoms with Crippen LogP contribution in [0, 0.1) is 0 Å². The average Bonchev–Trinajstić information content (AvgIpc) is 2.21. The molecule has 0 radical (unpaired) electrons. The Kier molecular flexibility index (Phi) is 12.8. The monoisotopic (exact) mass is 202 g/mol. The molecule has 0 fully saturated rings. The molecule has 3 nitrogen and oxygen atoms in total. The summed E-state index contributed by atoms with van der Waals surface area (Å²) in [7, 11) is 0. The van der Waals surface area contributed by atoms with Crippen molar-refractivity contribution < 1.29 is 5.11 Å². The van der Waals surface area contributed by atoms with Crippen molar-refractivity contribution in [1.82, 2.24) is 5.32 Å². The highest BCUT2D eigenvalue weighted by Crippen LogP contribution is 2.05. The van der Waals surface area contributed by atoms with Crippen LogP contribution in [0.3, 0.4) is 0 Å². The predicted octanol–water partition coefficient (Wildman–Crippen LogP) is 1.26. The number of aliphatic hydroxyl groups is 1. The Morgan fingerprint density at radius 3 is 1.93 bits per heavy atom. The van der Waals surface area contributed by atoms with Crippen LogP contribution in [0.25, 0.3) is 0 Å². The first-order valence-electron chi connectivity index (χ1n) is 5.93. The minimum Gasteiger partial charge on any atom is -0.395 e. The van der Waals surface area contributed by atoms with E-state index in [4.69, 9.17) is 10.8 Å². The van der Waals surface area contributed by atoms with Gasteiger partial charge in [-0.1, -0.05) is 32.1 Å². The smallest absolute Gasteiger partial charge is 0.0555 e. The summed E-state index contributed by atoms with van der Waals surface area (Å²) < 4.78 is 0. The lowest BCUT2D eigenvalue weighted by Crippen LogP contribution is -2.19. The van der Waals surface area contributed by atoms with E-state index in [0.29, 0.717) is 0 Å². The summed E-state index contributed by atoms with van der Waals surface area (Å²) in [6, 6.07) is 0. The molecule has 0 aliphatic heterocycles. The van der Waals surface area contributed by atoms with E-state index in [1.165, 1.54) is 44.9 Å². The Labute approximate surface area is 88.1 Å². The van der Waals surface area contributed by atoms with Crippen LogP contribution in [-0.2, 0) is 0 Å². The number of nitrogens with two attached hydrogens (primary N) is 1. The lowest BCUT2D eigenvalue weighted by Gasteiger charge is -2.02. The van der Waals surface area contributed by atoms with Gasteiger partial charge in [0.1, 0.15) is 0 Å². The van der Waals surface area contributed by atoms with E-state index in [-0.39, 0.29) is 6.61 Å². The van der Waals surface area contributed by atoms with E-state index in [2.05, 4.69) is 5.32 Å². The van der Waals surface area contributed by atoms with Crippen molar-refractivity contribution in [3.8, 4) is 0 Å². The molecular formula is C11H26N2O. The molecule has 0 aliphatic carbocycles. The summed E-state index contributed by atoms with van der Waals surface area (Å²) >= 11 is 0. The minimum atomic E-state index is 0.249. The maximum absolute atomic E-state index is 8.52. The number of unbranched alkanes of at least 4 members (excludes halogenated alkanes) is 6. The minimum absolute atomic E-state index is 0.249. The maximum atomic E-state index is 8.52. The quantitative estimate of drug-likeness (QED) is 0.442. The molecule has 0 aliphatic rings. The number of nitrogens with one attached hydrogen (secondary N) is 1. The first-order chi connectivity index (χ1) is 6.91. The Bertz CT molecular complexity index is 87.3. The second-order valence-corrected chi connectivity index (χ2v) is 3.74. The van der Waals surface area contributed by atoms with Gasteiger partial charge < -0.3 is 16.2 Å². The summed E-state index contributed by atoms with van der Waals surface area (Å²) in [6.45, 7) is 2.87. The van der Waals surface area contributed by atoms with Gasteiger partial charge in [0, 0.05) is 6.54 Å². The molecule has 0 spiro atoms. The van der Waals surface area contributed by atoms with E-state index in [1.54, 1.807) is 0 Å². The topological polar surface area (TPSA) is 58.3 Å². The predicted molar refractivity (Wildman–Crippen MR) is 61.3 cm³/mol. The summed E-state index contributed by atoms with van der Waals surface area (Å²) in [5.74, 6) is 0. The van der Waals surface area contributed by atoms with Gasteiger partial charge in [0.05, 0.1) is 6.61 Å². The molecule has 0 rings (SSSR count). The SMILES string of the molecule is NCCCCCCCCCNCCO. The maximum Gasteiger partial charge on any atom is 0.0555 e. The lowest BCUT2D eigenvalue weighted by atomic mass is 10.1. The van der Waals surface area contributed by atoms with E-state index < -0.39 is 0 Å². The van der Waals surface area contributed by atoms with Crippen molar-refractivity contribution in [3.05, 3.63) is 0 Å². The summed E-state index contributed by atoms with van der Waals surface area (Å²) in [6.07, 6.45) is 9.03. The fourth-order valence-electron chi connectivity index (χ4n) is 1.48. The Balaban J connectivity index is 2.78. The van der Waals surface area contributed by atoms with Crippen LogP contribution in [0.2, 0.25) is 0 Å². The van der Waals surface area contributed by atoms with E-state index in [1.807, 2.05) is 0 Å². The fourth-order valence-corrected chi connectivity index (χ4v) is 1.48. The molecular weight excluding hydrogens is 176 g/mol. The largest absolute Gasteiger partial charge is 0.395 e. The Hall–Kier alpha value is -0.120.